The summed E-state index contributed by atoms with van der Waals surface area (Å²) in [4.78, 5) is 41.0. The fourth-order valence-electron chi connectivity index (χ4n) is 3.60. The van der Waals surface area contributed by atoms with Crippen molar-refractivity contribution in [3.8, 4) is 0 Å². The summed E-state index contributed by atoms with van der Waals surface area (Å²) in [6.45, 7) is -0.431. The molecule has 0 unspecified atom stereocenters. The van der Waals surface area contributed by atoms with Gasteiger partial charge in [-0.2, -0.15) is 0 Å². The number of hydrogen-bond acceptors (Lipinski definition) is 5. The van der Waals surface area contributed by atoms with Crippen molar-refractivity contribution in [2.24, 2.45) is 0 Å². The summed E-state index contributed by atoms with van der Waals surface area (Å²) in [5.41, 5.74) is 2.85. The summed E-state index contributed by atoms with van der Waals surface area (Å²) in [6.07, 6.45) is 1.16. The van der Waals surface area contributed by atoms with E-state index in [9.17, 15) is 14.4 Å². The smallest absolute Gasteiger partial charge is 0.408 e. The Hall–Kier alpha value is -4.10. The molecule has 0 spiro atoms. The summed E-state index contributed by atoms with van der Waals surface area (Å²) in [7, 11) is 0. The average molecular weight is 491 g/mol. The number of esters is 1. The number of alkyl carbamates (subject to hydrolysis) is 1. The van der Waals surface area contributed by atoms with E-state index in [4.69, 9.17) is 21.1 Å². The van der Waals surface area contributed by atoms with E-state index in [1.165, 1.54) is 6.07 Å². The number of hydrogen-bond donors (Lipinski definition) is 2. The Kier molecular flexibility index (Phi) is 7.80. The van der Waals surface area contributed by atoms with Crippen molar-refractivity contribution in [1.29, 1.82) is 0 Å². The monoisotopic (exact) mass is 490 g/mol. The molecule has 1 aromatic heterocycles. The molecule has 2 N–H and O–H groups in total. The second-order valence-electron chi connectivity index (χ2n) is 7.86. The van der Waals surface area contributed by atoms with Crippen molar-refractivity contribution < 1.29 is 23.9 Å². The van der Waals surface area contributed by atoms with Crippen LogP contribution < -0.4 is 5.32 Å². The fraction of sp³-hybridized carbons (Fsp3) is 0.148. The van der Waals surface area contributed by atoms with Gasteiger partial charge < -0.3 is 19.8 Å². The van der Waals surface area contributed by atoms with Crippen molar-refractivity contribution in [1.82, 2.24) is 10.3 Å². The zero-order valence-corrected chi connectivity index (χ0v) is 19.5. The van der Waals surface area contributed by atoms with Crippen LogP contribution in [0.2, 0.25) is 5.02 Å². The lowest BCUT2D eigenvalue weighted by molar-refractivity contribution is -0.144. The minimum absolute atomic E-state index is 0.0504. The molecule has 8 heteroatoms. The number of carbonyl (C=O) groups excluding carboxylic acids is 3. The molecule has 0 saturated heterocycles. The van der Waals surface area contributed by atoms with E-state index in [1.807, 2.05) is 54.6 Å². The summed E-state index contributed by atoms with van der Waals surface area (Å²) in [5, 5.41) is 3.90. The fourth-order valence-corrected chi connectivity index (χ4v) is 3.79. The van der Waals surface area contributed by atoms with Gasteiger partial charge in [-0.3, -0.25) is 4.79 Å². The number of H-pyrrole nitrogens is 1. The Labute approximate surface area is 207 Å². The van der Waals surface area contributed by atoms with Crippen LogP contribution in [0.15, 0.2) is 85.1 Å². The maximum Gasteiger partial charge on any atom is 0.408 e. The zero-order valence-electron chi connectivity index (χ0n) is 18.7. The van der Waals surface area contributed by atoms with E-state index in [1.54, 1.807) is 24.4 Å². The van der Waals surface area contributed by atoms with Crippen molar-refractivity contribution in [3.63, 3.8) is 0 Å². The van der Waals surface area contributed by atoms with Crippen molar-refractivity contribution in [3.05, 3.63) is 107 Å². The molecule has 0 saturated carbocycles. The van der Waals surface area contributed by atoms with Gasteiger partial charge in [-0.15, -0.1) is 0 Å². The number of Topliss-reactive ketones (excluding diaryl/α,β-unsaturated/α-hetero) is 1. The molecule has 1 amide bonds. The summed E-state index contributed by atoms with van der Waals surface area (Å²) in [6, 6.07) is 22.1. The minimum Gasteiger partial charge on any atom is -0.456 e. The number of aromatic nitrogens is 1. The molecule has 0 aliphatic carbocycles. The molecular formula is C27H23ClN2O5. The Bertz CT molecular complexity index is 1340. The molecule has 0 bridgehead atoms. The topological polar surface area (TPSA) is 97.5 Å². The number of nitrogens with one attached hydrogen (secondary N) is 2. The molecule has 0 radical (unpaired) electrons. The molecule has 0 aliphatic heterocycles. The first-order chi connectivity index (χ1) is 17.0. The second kappa shape index (κ2) is 11.4. The predicted molar refractivity (Wildman–Crippen MR) is 132 cm³/mol. The van der Waals surface area contributed by atoms with Gasteiger partial charge in [-0.05, 0) is 29.3 Å². The van der Waals surface area contributed by atoms with Crippen molar-refractivity contribution in [2.45, 2.75) is 19.1 Å². The highest BCUT2D eigenvalue weighted by atomic mass is 35.5. The van der Waals surface area contributed by atoms with Crippen molar-refractivity contribution in [2.75, 3.05) is 6.61 Å². The first-order valence-electron chi connectivity index (χ1n) is 11.0. The Morgan fingerprint density at radius 3 is 2.49 bits per heavy atom. The van der Waals surface area contributed by atoms with Gasteiger partial charge in [0.2, 0.25) is 0 Å². The lowest BCUT2D eigenvalue weighted by Crippen LogP contribution is -2.44. The van der Waals surface area contributed by atoms with Gasteiger partial charge in [-0.25, -0.2) is 9.59 Å². The molecule has 4 aromatic rings. The normalized spacial score (nSPS) is 11.6. The van der Waals surface area contributed by atoms with E-state index in [0.29, 0.717) is 10.6 Å². The number of amides is 1. The highest BCUT2D eigenvalue weighted by Gasteiger charge is 2.26. The number of ketones is 1. The number of aromatic amines is 1. The molecule has 0 aliphatic rings. The molecular weight excluding hydrogens is 468 g/mol. The number of carbonyl (C=O) groups is 3. The van der Waals surface area contributed by atoms with Crippen LogP contribution >= 0.6 is 11.6 Å². The van der Waals surface area contributed by atoms with E-state index < -0.39 is 30.5 Å². The number of benzene rings is 3. The van der Waals surface area contributed by atoms with E-state index in [2.05, 4.69) is 10.3 Å². The Morgan fingerprint density at radius 1 is 0.914 bits per heavy atom. The van der Waals surface area contributed by atoms with Gasteiger partial charge in [0.15, 0.2) is 12.4 Å². The standard InChI is InChI=1S/C27H23ClN2O5/c28-21-10-6-9-19(13-21)25(31)17-34-26(32)24(14-20-15-29-23-12-5-4-11-22(20)23)30-27(33)35-16-18-7-2-1-3-8-18/h1-13,15,24,29H,14,16-17H2,(H,30,33)/t24-/m1/s1. The molecule has 1 atom stereocenters. The summed E-state index contributed by atoms with van der Waals surface area (Å²) >= 11 is 5.94. The quantitative estimate of drug-likeness (QED) is 0.252. The van der Waals surface area contributed by atoms with Crippen LogP contribution in [0.3, 0.4) is 0 Å². The average Bonchev–Trinajstić information content (AvgIpc) is 3.29. The molecule has 0 fully saturated rings. The number of fused-ring (bicyclic) bond motifs is 1. The van der Waals surface area contributed by atoms with Crippen LogP contribution in [0.25, 0.3) is 10.9 Å². The van der Waals surface area contributed by atoms with Gasteiger partial charge in [0.25, 0.3) is 0 Å². The highest BCUT2D eigenvalue weighted by Crippen LogP contribution is 2.20. The zero-order chi connectivity index (χ0) is 24.6. The first-order valence-corrected chi connectivity index (χ1v) is 11.3. The predicted octanol–water partition coefficient (Wildman–Crippen LogP) is 5.08. The third kappa shape index (κ3) is 6.49. The number of ether oxygens (including phenoxy) is 2. The molecule has 178 valence electrons. The van der Waals surface area contributed by atoms with Crippen LogP contribution in [-0.2, 0) is 27.3 Å². The van der Waals surface area contributed by atoms with Crippen LogP contribution in [0.4, 0.5) is 4.79 Å². The van der Waals surface area contributed by atoms with Crippen LogP contribution in [0, 0.1) is 0 Å². The van der Waals surface area contributed by atoms with E-state index >= 15 is 0 Å². The number of para-hydroxylation sites is 1. The summed E-state index contributed by atoms with van der Waals surface area (Å²) < 4.78 is 10.5. The lowest BCUT2D eigenvalue weighted by atomic mass is 10.1. The number of rotatable bonds is 9. The second-order valence-corrected chi connectivity index (χ2v) is 8.30. The van der Waals surface area contributed by atoms with Gasteiger partial charge in [-0.1, -0.05) is 72.3 Å². The third-order valence-corrected chi connectivity index (χ3v) is 5.62. The largest absolute Gasteiger partial charge is 0.456 e. The van der Waals surface area contributed by atoms with Crippen LogP contribution in [0.5, 0.6) is 0 Å². The van der Waals surface area contributed by atoms with Crippen LogP contribution in [0.1, 0.15) is 21.5 Å². The van der Waals surface area contributed by atoms with Gasteiger partial charge in [0.05, 0.1) is 0 Å². The van der Waals surface area contributed by atoms with E-state index in [0.717, 1.165) is 22.0 Å². The van der Waals surface area contributed by atoms with Gasteiger partial charge >= 0.3 is 12.1 Å². The summed E-state index contributed by atoms with van der Waals surface area (Å²) in [5.74, 6) is -1.15. The minimum atomic E-state index is -1.07. The highest BCUT2D eigenvalue weighted by molar-refractivity contribution is 6.31. The van der Waals surface area contributed by atoms with Crippen molar-refractivity contribution >= 4 is 40.3 Å². The van der Waals surface area contributed by atoms with E-state index in [-0.39, 0.29) is 13.0 Å². The molecule has 1 heterocycles. The number of halogens is 1. The maximum absolute atomic E-state index is 12.9. The van der Waals surface area contributed by atoms with Gasteiger partial charge in [0, 0.05) is 34.1 Å². The van der Waals surface area contributed by atoms with Crippen LogP contribution in [-0.4, -0.2) is 35.5 Å². The van der Waals surface area contributed by atoms with Gasteiger partial charge in [0.1, 0.15) is 12.6 Å². The third-order valence-electron chi connectivity index (χ3n) is 5.38. The molecule has 35 heavy (non-hydrogen) atoms. The maximum atomic E-state index is 12.9. The molecule has 3 aromatic carbocycles. The molecule has 4 rings (SSSR count). The SMILES string of the molecule is O=C(N[C@H](Cc1c[nH]c2ccccc12)C(=O)OCC(=O)c1cccc(Cl)c1)OCc1ccccc1. The molecule has 7 nitrogen and oxygen atoms in total. The Balaban J connectivity index is 1.44. The first kappa shape index (κ1) is 24.0. The lowest BCUT2D eigenvalue weighted by Gasteiger charge is -2.17. The Morgan fingerprint density at radius 2 is 1.69 bits per heavy atom.